The quantitative estimate of drug-likeness (QED) is 0.880. The molecule has 88 valence electrons. The Kier molecular flexibility index (Phi) is 2.82. The number of rotatable bonds is 3. The third kappa shape index (κ3) is 1.99. The molecule has 17 heavy (non-hydrogen) atoms. The third-order valence-electron chi connectivity index (χ3n) is 2.42. The van der Waals surface area contributed by atoms with Gasteiger partial charge in [-0.15, -0.1) is 0 Å². The van der Waals surface area contributed by atoms with E-state index in [1.165, 1.54) is 0 Å². The van der Waals surface area contributed by atoms with Crippen LogP contribution in [0.15, 0.2) is 28.8 Å². The van der Waals surface area contributed by atoms with E-state index < -0.39 is 5.97 Å². The number of methoxy groups -OCH3 is 1. The second kappa shape index (κ2) is 4.29. The van der Waals surface area contributed by atoms with Gasteiger partial charge in [-0.2, -0.15) is 0 Å². The summed E-state index contributed by atoms with van der Waals surface area (Å²) in [5.41, 5.74) is 1.05. The van der Waals surface area contributed by atoms with Gasteiger partial charge in [-0.25, -0.2) is 4.79 Å². The van der Waals surface area contributed by atoms with Crippen molar-refractivity contribution in [2.75, 3.05) is 7.11 Å². The van der Waals surface area contributed by atoms with E-state index in [1.807, 2.05) is 0 Å². The SMILES string of the molecule is COc1cccc(-c2noc(C)c2C(=O)O)c1. The van der Waals surface area contributed by atoms with Gasteiger partial charge in [0.15, 0.2) is 0 Å². The van der Waals surface area contributed by atoms with Crippen LogP contribution in [0.1, 0.15) is 16.1 Å². The van der Waals surface area contributed by atoms with Crippen LogP contribution in [0.5, 0.6) is 5.75 Å². The minimum absolute atomic E-state index is 0.0817. The highest BCUT2D eigenvalue weighted by Crippen LogP contribution is 2.27. The van der Waals surface area contributed by atoms with Crippen LogP contribution in [0.4, 0.5) is 0 Å². The first-order valence-corrected chi connectivity index (χ1v) is 4.97. The Morgan fingerprint density at radius 2 is 2.24 bits per heavy atom. The molecule has 0 fully saturated rings. The van der Waals surface area contributed by atoms with Gasteiger partial charge < -0.3 is 14.4 Å². The molecule has 0 amide bonds. The number of aromatic nitrogens is 1. The van der Waals surface area contributed by atoms with Crippen LogP contribution in [0.2, 0.25) is 0 Å². The van der Waals surface area contributed by atoms with Gasteiger partial charge in [0.2, 0.25) is 0 Å². The predicted molar refractivity (Wildman–Crippen MR) is 60.2 cm³/mol. The lowest BCUT2D eigenvalue weighted by molar-refractivity contribution is 0.0696. The maximum Gasteiger partial charge on any atom is 0.341 e. The number of hydrogen-bond donors (Lipinski definition) is 1. The summed E-state index contributed by atoms with van der Waals surface area (Å²) in [5.74, 6) is -0.128. The number of carboxylic acid groups (broad SMARTS) is 1. The molecule has 1 aromatic heterocycles. The first-order valence-electron chi connectivity index (χ1n) is 4.97. The Balaban J connectivity index is 2.56. The maximum atomic E-state index is 11.1. The fourth-order valence-electron chi connectivity index (χ4n) is 1.59. The van der Waals surface area contributed by atoms with E-state index in [4.69, 9.17) is 14.4 Å². The normalized spacial score (nSPS) is 10.2. The first kappa shape index (κ1) is 11.2. The number of aromatic carboxylic acids is 1. The molecule has 0 spiro atoms. The molecule has 2 rings (SSSR count). The van der Waals surface area contributed by atoms with Crippen molar-refractivity contribution in [1.29, 1.82) is 0 Å². The van der Waals surface area contributed by atoms with E-state index in [-0.39, 0.29) is 11.3 Å². The number of ether oxygens (including phenoxy) is 1. The molecule has 0 aliphatic carbocycles. The van der Waals surface area contributed by atoms with Crippen LogP contribution in [0, 0.1) is 6.92 Å². The Labute approximate surface area is 97.6 Å². The molecule has 0 aliphatic rings. The summed E-state index contributed by atoms with van der Waals surface area (Å²) < 4.78 is 9.99. The number of carbonyl (C=O) groups is 1. The number of nitrogens with zero attached hydrogens (tertiary/aromatic N) is 1. The van der Waals surface area contributed by atoms with E-state index in [9.17, 15) is 4.79 Å². The van der Waals surface area contributed by atoms with Crippen LogP contribution in [-0.2, 0) is 0 Å². The van der Waals surface area contributed by atoms with Gasteiger partial charge in [0.1, 0.15) is 22.8 Å². The largest absolute Gasteiger partial charge is 0.497 e. The highest BCUT2D eigenvalue weighted by molar-refractivity contribution is 5.95. The molecular formula is C12H11NO4. The molecule has 2 aromatic rings. The topological polar surface area (TPSA) is 72.6 Å². The molecule has 0 unspecified atom stereocenters. The zero-order chi connectivity index (χ0) is 12.4. The number of benzene rings is 1. The molecule has 5 heteroatoms. The average molecular weight is 233 g/mol. The molecule has 0 aliphatic heterocycles. The van der Waals surface area contributed by atoms with Crippen molar-refractivity contribution < 1.29 is 19.2 Å². The lowest BCUT2D eigenvalue weighted by Gasteiger charge is -2.02. The zero-order valence-electron chi connectivity index (χ0n) is 9.43. The third-order valence-corrected chi connectivity index (χ3v) is 2.42. The Bertz CT molecular complexity index is 559. The van der Waals surface area contributed by atoms with Gasteiger partial charge in [0.05, 0.1) is 7.11 Å². The first-order chi connectivity index (χ1) is 8.13. The highest BCUT2D eigenvalue weighted by Gasteiger charge is 2.20. The molecular weight excluding hydrogens is 222 g/mol. The fourth-order valence-corrected chi connectivity index (χ4v) is 1.59. The predicted octanol–water partition coefficient (Wildman–Crippen LogP) is 2.36. The number of hydrogen-bond acceptors (Lipinski definition) is 4. The molecule has 0 atom stereocenters. The molecule has 1 aromatic carbocycles. The van der Waals surface area contributed by atoms with Crippen LogP contribution in [0.25, 0.3) is 11.3 Å². The highest BCUT2D eigenvalue weighted by atomic mass is 16.5. The van der Waals surface area contributed by atoms with Crippen molar-refractivity contribution in [2.45, 2.75) is 6.92 Å². The Hall–Kier alpha value is -2.30. The Morgan fingerprint density at radius 3 is 2.88 bits per heavy atom. The number of carboxylic acids is 1. The van der Waals surface area contributed by atoms with Gasteiger partial charge in [-0.3, -0.25) is 0 Å². The molecule has 5 nitrogen and oxygen atoms in total. The van der Waals surface area contributed by atoms with E-state index in [2.05, 4.69) is 5.16 Å². The molecule has 1 N–H and O–H groups in total. The summed E-state index contributed by atoms with van der Waals surface area (Å²) in [7, 11) is 1.55. The molecule has 0 saturated heterocycles. The van der Waals surface area contributed by atoms with Crippen LogP contribution in [0.3, 0.4) is 0 Å². The van der Waals surface area contributed by atoms with Crippen molar-refractivity contribution >= 4 is 5.97 Å². The summed E-state index contributed by atoms with van der Waals surface area (Å²) in [5, 5.41) is 12.9. The van der Waals surface area contributed by atoms with Crippen LogP contribution >= 0.6 is 0 Å². The Morgan fingerprint density at radius 1 is 1.47 bits per heavy atom. The average Bonchev–Trinajstić information content (AvgIpc) is 2.71. The van der Waals surface area contributed by atoms with Crippen molar-refractivity contribution in [3.8, 4) is 17.0 Å². The van der Waals surface area contributed by atoms with Crippen molar-refractivity contribution in [1.82, 2.24) is 5.16 Å². The second-order valence-corrected chi connectivity index (χ2v) is 3.50. The fraction of sp³-hybridized carbons (Fsp3) is 0.167. The lowest BCUT2D eigenvalue weighted by Crippen LogP contribution is -1.99. The van der Waals surface area contributed by atoms with Crippen molar-refractivity contribution in [3.63, 3.8) is 0 Å². The second-order valence-electron chi connectivity index (χ2n) is 3.50. The summed E-state index contributed by atoms with van der Waals surface area (Å²) >= 11 is 0. The molecule has 0 bridgehead atoms. The summed E-state index contributed by atoms with van der Waals surface area (Å²) in [6, 6.07) is 7.01. The van der Waals surface area contributed by atoms with Crippen LogP contribution in [-0.4, -0.2) is 23.3 Å². The maximum absolute atomic E-state index is 11.1. The van der Waals surface area contributed by atoms with E-state index >= 15 is 0 Å². The smallest absolute Gasteiger partial charge is 0.341 e. The van der Waals surface area contributed by atoms with Crippen LogP contribution < -0.4 is 4.74 Å². The van der Waals surface area contributed by atoms with Crippen molar-refractivity contribution in [2.24, 2.45) is 0 Å². The molecule has 0 saturated carbocycles. The number of aryl methyl sites for hydroxylation is 1. The zero-order valence-corrected chi connectivity index (χ0v) is 9.43. The standard InChI is InChI=1S/C12H11NO4/c1-7-10(12(14)15)11(13-17-7)8-4-3-5-9(6-8)16-2/h3-6H,1-2H3,(H,14,15). The minimum atomic E-state index is -1.05. The van der Waals surface area contributed by atoms with Gasteiger partial charge >= 0.3 is 5.97 Å². The van der Waals surface area contributed by atoms with Gasteiger partial charge in [-0.05, 0) is 19.1 Å². The van der Waals surface area contributed by atoms with E-state index in [0.717, 1.165) is 0 Å². The summed E-state index contributed by atoms with van der Waals surface area (Å²) in [4.78, 5) is 11.1. The van der Waals surface area contributed by atoms with Gasteiger partial charge in [0, 0.05) is 5.56 Å². The monoisotopic (exact) mass is 233 g/mol. The minimum Gasteiger partial charge on any atom is -0.497 e. The van der Waals surface area contributed by atoms with Gasteiger partial charge in [0.25, 0.3) is 0 Å². The molecule has 1 heterocycles. The summed E-state index contributed by atoms with van der Waals surface area (Å²) in [6.07, 6.45) is 0. The van der Waals surface area contributed by atoms with E-state index in [0.29, 0.717) is 17.0 Å². The van der Waals surface area contributed by atoms with Crippen molar-refractivity contribution in [3.05, 3.63) is 35.6 Å². The molecule has 0 radical (unpaired) electrons. The van der Waals surface area contributed by atoms with E-state index in [1.54, 1.807) is 38.3 Å². The lowest BCUT2D eigenvalue weighted by atomic mass is 10.1. The van der Waals surface area contributed by atoms with Gasteiger partial charge in [-0.1, -0.05) is 17.3 Å². The summed E-state index contributed by atoms with van der Waals surface area (Å²) in [6.45, 7) is 1.57.